The number of ether oxygens (including phenoxy) is 1. The zero-order valence-electron chi connectivity index (χ0n) is 11.0. The van der Waals surface area contributed by atoms with E-state index in [1.165, 1.54) is 0 Å². The van der Waals surface area contributed by atoms with Crippen molar-refractivity contribution in [2.45, 2.75) is 12.3 Å². The van der Waals surface area contributed by atoms with Gasteiger partial charge in [-0.2, -0.15) is 13.2 Å². The standard InChI is InChI=1S/C13H14F4N2O2/c14-11-2-1-8(5-10(11)13(15,16)17)12(20)19-7-9-6-18-3-4-21-9/h1-2,5,9,18H,3-4,6-7H2,(H,19,20). The Labute approximate surface area is 118 Å². The fraction of sp³-hybridized carbons (Fsp3) is 0.462. The van der Waals surface area contributed by atoms with Crippen LogP contribution in [0.5, 0.6) is 0 Å². The number of carbonyl (C=O) groups excluding carboxylic acids is 1. The summed E-state index contributed by atoms with van der Waals surface area (Å²) in [7, 11) is 0. The smallest absolute Gasteiger partial charge is 0.374 e. The highest BCUT2D eigenvalue weighted by atomic mass is 19.4. The van der Waals surface area contributed by atoms with Gasteiger partial charge in [-0.05, 0) is 18.2 Å². The van der Waals surface area contributed by atoms with E-state index in [1.807, 2.05) is 0 Å². The number of hydrogen-bond acceptors (Lipinski definition) is 3. The fourth-order valence-corrected chi connectivity index (χ4v) is 1.94. The first-order valence-corrected chi connectivity index (χ1v) is 6.35. The normalized spacial score (nSPS) is 19.3. The Morgan fingerprint density at radius 3 is 2.81 bits per heavy atom. The summed E-state index contributed by atoms with van der Waals surface area (Å²) in [5.41, 5.74) is -1.70. The van der Waals surface area contributed by atoms with E-state index < -0.39 is 23.5 Å². The third-order valence-electron chi connectivity index (χ3n) is 3.03. The number of rotatable bonds is 3. The molecule has 1 saturated heterocycles. The summed E-state index contributed by atoms with van der Waals surface area (Å²) in [4.78, 5) is 11.8. The molecule has 21 heavy (non-hydrogen) atoms. The van der Waals surface area contributed by atoms with E-state index in [2.05, 4.69) is 10.6 Å². The number of halogens is 4. The first-order chi connectivity index (χ1) is 9.88. The van der Waals surface area contributed by atoms with Crippen molar-refractivity contribution in [2.24, 2.45) is 0 Å². The van der Waals surface area contributed by atoms with Crippen molar-refractivity contribution in [3.05, 3.63) is 35.1 Å². The molecule has 1 heterocycles. The van der Waals surface area contributed by atoms with Gasteiger partial charge in [0, 0.05) is 25.2 Å². The van der Waals surface area contributed by atoms with E-state index >= 15 is 0 Å². The van der Waals surface area contributed by atoms with Crippen LogP contribution in [0.2, 0.25) is 0 Å². The van der Waals surface area contributed by atoms with Crippen molar-refractivity contribution in [1.29, 1.82) is 0 Å². The molecule has 0 radical (unpaired) electrons. The van der Waals surface area contributed by atoms with E-state index in [0.717, 1.165) is 12.6 Å². The van der Waals surface area contributed by atoms with Gasteiger partial charge in [-0.1, -0.05) is 0 Å². The van der Waals surface area contributed by atoms with Crippen LogP contribution in [0.4, 0.5) is 17.6 Å². The average molecular weight is 306 g/mol. The van der Waals surface area contributed by atoms with E-state index in [-0.39, 0.29) is 18.2 Å². The Balaban J connectivity index is 2.02. The number of carbonyl (C=O) groups is 1. The van der Waals surface area contributed by atoms with Crippen LogP contribution in [0.1, 0.15) is 15.9 Å². The van der Waals surface area contributed by atoms with Crippen LogP contribution < -0.4 is 10.6 Å². The second-order valence-electron chi connectivity index (χ2n) is 4.60. The Morgan fingerprint density at radius 1 is 1.43 bits per heavy atom. The summed E-state index contributed by atoms with van der Waals surface area (Å²) < 4.78 is 56.2. The Morgan fingerprint density at radius 2 is 2.19 bits per heavy atom. The first-order valence-electron chi connectivity index (χ1n) is 6.35. The second-order valence-corrected chi connectivity index (χ2v) is 4.60. The van der Waals surface area contributed by atoms with Gasteiger partial charge in [0.1, 0.15) is 5.82 Å². The molecule has 2 rings (SSSR count). The quantitative estimate of drug-likeness (QED) is 0.833. The molecule has 2 N–H and O–H groups in total. The maximum Gasteiger partial charge on any atom is 0.419 e. The van der Waals surface area contributed by atoms with Crippen molar-refractivity contribution < 1.29 is 27.1 Å². The van der Waals surface area contributed by atoms with Gasteiger partial charge in [0.2, 0.25) is 0 Å². The summed E-state index contributed by atoms with van der Waals surface area (Å²) in [5, 5.41) is 5.53. The van der Waals surface area contributed by atoms with Crippen molar-refractivity contribution in [3.8, 4) is 0 Å². The van der Waals surface area contributed by atoms with Crippen molar-refractivity contribution in [1.82, 2.24) is 10.6 Å². The Bertz CT molecular complexity index is 513. The highest BCUT2D eigenvalue weighted by molar-refractivity contribution is 5.94. The van der Waals surface area contributed by atoms with E-state index in [9.17, 15) is 22.4 Å². The lowest BCUT2D eigenvalue weighted by Crippen LogP contribution is -2.45. The number of morpholine rings is 1. The van der Waals surface area contributed by atoms with Gasteiger partial charge in [-0.25, -0.2) is 4.39 Å². The maximum atomic E-state index is 13.1. The van der Waals surface area contributed by atoms with E-state index in [0.29, 0.717) is 25.3 Å². The van der Waals surface area contributed by atoms with Gasteiger partial charge in [-0.3, -0.25) is 4.79 Å². The Hall–Kier alpha value is -1.67. The molecule has 1 aromatic rings. The summed E-state index contributed by atoms with van der Waals surface area (Å²) in [6.07, 6.45) is -5.07. The fourth-order valence-electron chi connectivity index (χ4n) is 1.94. The summed E-state index contributed by atoms with van der Waals surface area (Å²) in [6, 6.07) is 2.15. The van der Waals surface area contributed by atoms with Gasteiger partial charge < -0.3 is 15.4 Å². The molecule has 1 atom stereocenters. The lowest BCUT2D eigenvalue weighted by atomic mass is 10.1. The van der Waals surface area contributed by atoms with Gasteiger partial charge in [0.25, 0.3) is 5.91 Å². The molecule has 1 amide bonds. The monoisotopic (exact) mass is 306 g/mol. The highest BCUT2D eigenvalue weighted by Gasteiger charge is 2.34. The van der Waals surface area contributed by atoms with Crippen LogP contribution in [0.25, 0.3) is 0 Å². The number of amides is 1. The number of benzene rings is 1. The van der Waals surface area contributed by atoms with E-state index in [4.69, 9.17) is 4.74 Å². The minimum atomic E-state index is -4.84. The van der Waals surface area contributed by atoms with Crippen LogP contribution in [-0.4, -0.2) is 38.3 Å². The minimum absolute atomic E-state index is 0.171. The molecule has 0 aliphatic carbocycles. The zero-order chi connectivity index (χ0) is 15.5. The lowest BCUT2D eigenvalue weighted by molar-refractivity contribution is -0.140. The van der Waals surface area contributed by atoms with Crippen molar-refractivity contribution in [2.75, 3.05) is 26.2 Å². The van der Waals surface area contributed by atoms with Crippen LogP contribution in [0, 0.1) is 5.82 Å². The summed E-state index contributed by atoms with van der Waals surface area (Å²) >= 11 is 0. The molecule has 0 bridgehead atoms. The molecule has 0 aromatic heterocycles. The summed E-state index contributed by atoms with van der Waals surface area (Å²) in [5.74, 6) is -2.10. The second kappa shape index (κ2) is 6.40. The molecule has 1 aliphatic heterocycles. The number of alkyl halides is 3. The highest BCUT2D eigenvalue weighted by Crippen LogP contribution is 2.31. The largest absolute Gasteiger partial charge is 0.419 e. The maximum absolute atomic E-state index is 13.1. The molecular formula is C13H14F4N2O2. The van der Waals surface area contributed by atoms with Crippen molar-refractivity contribution in [3.63, 3.8) is 0 Å². The van der Waals surface area contributed by atoms with Gasteiger partial charge in [0.05, 0.1) is 18.3 Å². The predicted octanol–water partition coefficient (Wildman–Crippen LogP) is 1.56. The van der Waals surface area contributed by atoms with Crippen LogP contribution >= 0.6 is 0 Å². The molecule has 8 heteroatoms. The minimum Gasteiger partial charge on any atom is -0.374 e. The Kier molecular flexibility index (Phi) is 4.79. The van der Waals surface area contributed by atoms with Crippen LogP contribution in [-0.2, 0) is 10.9 Å². The van der Waals surface area contributed by atoms with Gasteiger partial charge in [-0.15, -0.1) is 0 Å². The first kappa shape index (κ1) is 15.7. The predicted molar refractivity (Wildman–Crippen MR) is 66.3 cm³/mol. The van der Waals surface area contributed by atoms with Crippen molar-refractivity contribution >= 4 is 5.91 Å². The van der Waals surface area contributed by atoms with Gasteiger partial charge in [0.15, 0.2) is 0 Å². The summed E-state index contributed by atoms with van der Waals surface area (Å²) in [6.45, 7) is 1.95. The molecule has 1 unspecified atom stereocenters. The van der Waals surface area contributed by atoms with E-state index in [1.54, 1.807) is 0 Å². The number of hydrogen-bond donors (Lipinski definition) is 2. The molecule has 0 spiro atoms. The van der Waals surface area contributed by atoms with Crippen LogP contribution in [0.3, 0.4) is 0 Å². The number of nitrogens with one attached hydrogen (secondary N) is 2. The molecule has 1 fully saturated rings. The molecule has 0 saturated carbocycles. The van der Waals surface area contributed by atoms with Crippen LogP contribution in [0.15, 0.2) is 18.2 Å². The average Bonchev–Trinajstić information content (AvgIpc) is 2.45. The lowest BCUT2D eigenvalue weighted by Gasteiger charge is -2.23. The molecule has 1 aliphatic rings. The molecule has 116 valence electrons. The topological polar surface area (TPSA) is 50.4 Å². The molecule has 4 nitrogen and oxygen atoms in total. The molecular weight excluding hydrogens is 292 g/mol. The SMILES string of the molecule is O=C(NCC1CNCCO1)c1ccc(F)c(C(F)(F)F)c1. The third kappa shape index (κ3) is 4.15. The zero-order valence-corrected chi connectivity index (χ0v) is 11.0. The molecule has 1 aromatic carbocycles. The van der Waals surface area contributed by atoms with Gasteiger partial charge >= 0.3 is 6.18 Å². The third-order valence-corrected chi connectivity index (χ3v) is 3.03.